The van der Waals surface area contributed by atoms with Crippen molar-refractivity contribution in [1.82, 2.24) is 5.32 Å². The van der Waals surface area contributed by atoms with E-state index in [1.165, 1.54) is 6.42 Å². The Kier molecular flexibility index (Phi) is 7.47. The molecule has 0 aromatic heterocycles. The largest absolute Gasteiger partial charge is 0.393 e. The van der Waals surface area contributed by atoms with E-state index in [0.717, 1.165) is 51.4 Å². The fourth-order valence-corrected chi connectivity index (χ4v) is 9.50. The zero-order chi connectivity index (χ0) is 24.9. The summed E-state index contributed by atoms with van der Waals surface area (Å²) in [4.78, 5) is 12.2. The maximum atomic E-state index is 12.2. The Bertz CT molecular complexity index is 863. The Morgan fingerprint density at radius 3 is 2.41 bits per heavy atom. The number of hydrogen-bond donors (Lipinski definition) is 4. The predicted octanol–water partition coefficient (Wildman–Crippen LogP) is 3.40. The molecule has 4 aliphatic carbocycles. The van der Waals surface area contributed by atoms with Crippen LogP contribution in [0.3, 0.4) is 0 Å². The van der Waals surface area contributed by atoms with Crippen LogP contribution in [0.5, 0.6) is 0 Å². The molecule has 0 heterocycles. The number of fused-ring (bicyclic) bond motifs is 5. The van der Waals surface area contributed by atoms with Gasteiger partial charge in [0, 0.05) is 13.0 Å². The molecule has 0 spiro atoms. The highest BCUT2D eigenvalue weighted by Crippen LogP contribution is 2.68. The molecule has 34 heavy (non-hydrogen) atoms. The van der Waals surface area contributed by atoms with Gasteiger partial charge in [-0.15, -0.1) is 0 Å². The average Bonchev–Trinajstić information content (AvgIpc) is 3.09. The average molecular weight is 500 g/mol. The first-order chi connectivity index (χ1) is 15.8. The van der Waals surface area contributed by atoms with Gasteiger partial charge < -0.3 is 15.5 Å². The van der Waals surface area contributed by atoms with E-state index in [1.807, 2.05) is 0 Å². The molecule has 4 aliphatic rings. The molecule has 7 nitrogen and oxygen atoms in total. The number of aliphatic hydroxyl groups excluding tert-OH is 2. The molecular formula is C26H45NO6S. The zero-order valence-corrected chi connectivity index (χ0v) is 21.9. The zero-order valence-electron chi connectivity index (χ0n) is 21.1. The fraction of sp³-hybridized carbons (Fsp3) is 0.962. The predicted molar refractivity (Wildman–Crippen MR) is 130 cm³/mol. The topological polar surface area (TPSA) is 124 Å². The summed E-state index contributed by atoms with van der Waals surface area (Å²) >= 11 is 0. The first-order valence-corrected chi connectivity index (χ1v) is 15.0. The van der Waals surface area contributed by atoms with Gasteiger partial charge in [-0.05, 0) is 104 Å². The van der Waals surface area contributed by atoms with Crippen molar-refractivity contribution in [2.75, 3.05) is 12.3 Å². The number of amides is 1. The van der Waals surface area contributed by atoms with Gasteiger partial charge in [-0.25, -0.2) is 0 Å². The highest BCUT2D eigenvalue weighted by Gasteiger charge is 2.62. The van der Waals surface area contributed by atoms with E-state index in [0.29, 0.717) is 41.9 Å². The van der Waals surface area contributed by atoms with Gasteiger partial charge in [0.05, 0.1) is 18.0 Å². The van der Waals surface area contributed by atoms with Crippen LogP contribution in [-0.4, -0.2) is 53.6 Å². The summed E-state index contributed by atoms with van der Waals surface area (Å²) in [7, 11) is -4.06. The van der Waals surface area contributed by atoms with Crippen LogP contribution in [0.2, 0.25) is 0 Å². The van der Waals surface area contributed by atoms with E-state index in [2.05, 4.69) is 26.1 Å². The van der Waals surface area contributed by atoms with Gasteiger partial charge in [0.2, 0.25) is 5.91 Å². The Hall–Kier alpha value is -0.700. The maximum Gasteiger partial charge on any atom is 0.266 e. The van der Waals surface area contributed by atoms with Crippen molar-refractivity contribution in [3.63, 3.8) is 0 Å². The number of carbonyl (C=O) groups excluding carboxylic acids is 1. The van der Waals surface area contributed by atoms with E-state index in [9.17, 15) is 23.4 Å². The number of hydrogen-bond acceptors (Lipinski definition) is 5. The van der Waals surface area contributed by atoms with Crippen molar-refractivity contribution >= 4 is 16.0 Å². The van der Waals surface area contributed by atoms with Crippen LogP contribution in [0.4, 0.5) is 0 Å². The van der Waals surface area contributed by atoms with Crippen molar-refractivity contribution in [2.24, 2.45) is 46.3 Å². The van der Waals surface area contributed by atoms with E-state index in [1.54, 1.807) is 0 Å². The summed E-state index contributed by atoms with van der Waals surface area (Å²) in [6.07, 6.45) is 8.87. The molecule has 196 valence electrons. The normalized spacial score (nSPS) is 45.1. The molecular weight excluding hydrogens is 454 g/mol. The van der Waals surface area contributed by atoms with Crippen LogP contribution in [0, 0.1) is 46.3 Å². The van der Waals surface area contributed by atoms with Crippen LogP contribution in [0.15, 0.2) is 0 Å². The summed E-state index contributed by atoms with van der Waals surface area (Å²) in [6.45, 7) is 7.05. The standard InChI is InChI=1S/C26H45NO6S/c1-16(4-7-23(30)27-12-13-34(31,32)33)19-5-6-20-24-21(9-11-26(19,20)3)25(2)10-8-18(28)14-17(25)15-22(24)29/h16-22,24,28-29H,4-15H2,1-3H3,(H,27,30)(H,31,32,33)/t16-,17+,18?,19-,20+,21+,22-,24+,25+,26-/m1/s1. The number of aliphatic hydroxyl groups is 2. The minimum absolute atomic E-state index is 0.0625. The number of rotatable bonds is 7. The van der Waals surface area contributed by atoms with Crippen LogP contribution < -0.4 is 5.32 Å². The van der Waals surface area contributed by atoms with Crippen molar-refractivity contribution in [3.8, 4) is 0 Å². The van der Waals surface area contributed by atoms with Crippen LogP contribution in [0.25, 0.3) is 0 Å². The molecule has 4 N–H and O–H groups in total. The van der Waals surface area contributed by atoms with E-state index in [4.69, 9.17) is 4.55 Å². The monoisotopic (exact) mass is 499 g/mol. The van der Waals surface area contributed by atoms with Gasteiger partial charge in [-0.3, -0.25) is 9.35 Å². The Balaban J connectivity index is 1.39. The third-order valence-corrected chi connectivity index (χ3v) is 11.6. The summed E-state index contributed by atoms with van der Waals surface area (Å²) in [5.41, 5.74) is 0.411. The van der Waals surface area contributed by atoms with Crippen LogP contribution in [-0.2, 0) is 14.9 Å². The second-order valence-corrected chi connectivity index (χ2v) is 14.2. The third-order valence-electron chi connectivity index (χ3n) is 10.9. The molecule has 10 atom stereocenters. The minimum Gasteiger partial charge on any atom is -0.393 e. The second kappa shape index (κ2) is 9.64. The Morgan fingerprint density at radius 2 is 1.71 bits per heavy atom. The van der Waals surface area contributed by atoms with E-state index in [-0.39, 0.29) is 35.5 Å². The van der Waals surface area contributed by atoms with Crippen molar-refractivity contribution in [2.45, 2.75) is 97.2 Å². The fourth-order valence-electron chi connectivity index (χ4n) is 9.14. The van der Waals surface area contributed by atoms with Crippen LogP contribution in [0.1, 0.15) is 85.0 Å². The van der Waals surface area contributed by atoms with Gasteiger partial charge >= 0.3 is 0 Å². The number of nitrogens with one attached hydrogen (secondary N) is 1. The Morgan fingerprint density at radius 1 is 1.03 bits per heavy atom. The molecule has 1 unspecified atom stereocenters. The molecule has 4 rings (SSSR count). The smallest absolute Gasteiger partial charge is 0.266 e. The summed E-state index contributed by atoms with van der Waals surface area (Å²) in [5, 5.41) is 24.2. The van der Waals surface area contributed by atoms with Crippen LogP contribution >= 0.6 is 0 Å². The lowest BCUT2D eigenvalue weighted by Gasteiger charge is -2.62. The van der Waals surface area contributed by atoms with E-state index >= 15 is 0 Å². The number of carbonyl (C=O) groups is 1. The Labute approximate surface area is 205 Å². The molecule has 0 aromatic carbocycles. The lowest BCUT2D eigenvalue weighted by molar-refractivity contribution is -0.174. The molecule has 0 aromatic rings. The van der Waals surface area contributed by atoms with Gasteiger partial charge in [-0.2, -0.15) is 8.42 Å². The van der Waals surface area contributed by atoms with Crippen molar-refractivity contribution < 1.29 is 28.0 Å². The first kappa shape index (κ1) is 26.4. The highest BCUT2D eigenvalue weighted by atomic mass is 32.2. The second-order valence-electron chi connectivity index (χ2n) is 12.6. The van der Waals surface area contributed by atoms with Crippen molar-refractivity contribution in [3.05, 3.63) is 0 Å². The molecule has 4 fully saturated rings. The minimum atomic E-state index is -4.06. The van der Waals surface area contributed by atoms with Crippen molar-refractivity contribution in [1.29, 1.82) is 0 Å². The SMILES string of the molecule is C[C@H](CCC(=O)NCCS(=O)(=O)O)[C@H]1CC[C@H]2[C@@H]3[C@H](O)C[C@@H]4CC(O)CC[C@]4(C)[C@H]3CC[C@]12C. The van der Waals surface area contributed by atoms with Gasteiger partial charge in [0.1, 0.15) is 0 Å². The first-order valence-electron chi connectivity index (χ1n) is 13.4. The van der Waals surface area contributed by atoms with Gasteiger partial charge in [-0.1, -0.05) is 20.8 Å². The molecule has 0 saturated heterocycles. The molecule has 1 amide bonds. The summed E-state index contributed by atoms with van der Waals surface area (Å²) in [5.74, 6) is 2.10. The van der Waals surface area contributed by atoms with E-state index < -0.39 is 15.9 Å². The molecule has 0 bridgehead atoms. The molecule has 8 heteroatoms. The van der Waals surface area contributed by atoms with Gasteiger partial charge in [0.25, 0.3) is 10.1 Å². The lowest BCUT2D eigenvalue weighted by atomic mass is 9.43. The molecule has 0 radical (unpaired) electrons. The molecule has 4 saturated carbocycles. The summed E-state index contributed by atoms with van der Waals surface area (Å²) in [6, 6.07) is 0. The maximum absolute atomic E-state index is 12.2. The van der Waals surface area contributed by atoms with Gasteiger partial charge in [0.15, 0.2) is 0 Å². The molecule has 0 aliphatic heterocycles. The third kappa shape index (κ3) is 4.94. The highest BCUT2D eigenvalue weighted by molar-refractivity contribution is 7.85. The summed E-state index contributed by atoms with van der Waals surface area (Å²) < 4.78 is 30.5. The lowest BCUT2D eigenvalue weighted by Crippen LogP contribution is -2.58. The quantitative estimate of drug-likeness (QED) is 0.398.